The first-order valence-corrected chi connectivity index (χ1v) is 19.5. The second-order valence-electron chi connectivity index (χ2n) is 15.1. The zero-order valence-corrected chi connectivity index (χ0v) is 31.4. The van der Waals surface area contributed by atoms with Crippen LogP contribution in [-0.2, 0) is 5.41 Å². The lowest BCUT2D eigenvalue weighted by molar-refractivity contribution is 0.669. The number of aromatic nitrogens is 2. The molecule has 268 valence electrons. The van der Waals surface area contributed by atoms with E-state index in [4.69, 9.17) is 14.4 Å². The van der Waals surface area contributed by atoms with Gasteiger partial charge >= 0.3 is 0 Å². The Morgan fingerprint density at radius 1 is 0.368 bits per heavy atom. The molecule has 2 aromatic heterocycles. The Bertz CT molecular complexity index is 3130. The molecule has 0 amide bonds. The van der Waals surface area contributed by atoms with Gasteiger partial charge < -0.3 is 4.42 Å². The maximum Gasteiger partial charge on any atom is 0.160 e. The summed E-state index contributed by atoms with van der Waals surface area (Å²) in [6.45, 7) is 2.37. The van der Waals surface area contributed by atoms with Crippen LogP contribution in [0.3, 0.4) is 0 Å². The Balaban J connectivity index is 0.998. The molecule has 8 aromatic carbocycles. The first-order valence-electron chi connectivity index (χ1n) is 19.5. The number of hydrogen-bond acceptors (Lipinski definition) is 3. The summed E-state index contributed by atoms with van der Waals surface area (Å²) < 4.78 is 6.30. The highest BCUT2D eigenvalue weighted by molar-refractivity contribution is 6.06. The molecule has 11 rings (SSSR count). The average molecular weight is 729 g/mol. The Morgan fingerprint density at radius 3 is 1.79 bits per heavy atom. The second-order valence-corrected chi connectivity index (χ2v) is 15.1. The van der Waals surface area contributed by atoms with E-state index in [1.807, 2.05) is 30.3 Å². The third-order valence-corrected chi connectivity index (χ3v) is 11.8. The van der Waals surface area contributed by atoms with Crippen LogP contribution in [0.2, 0.25) is 0 Å². The molecule has 1 atom stereocenters. The molecule has 0 aliphatic heterocycles. The van der Waals surface area contributed by atoms with Crippen molar-refractivity contribution in [2.45, 2.75) is 12.3 Å². The van der Waals surface area contributed by atoms with Crippen molar-refractivity contribution in [1.29, 1.82) is 0 Å². The highest BCUT2D eigenvalue weighted by atomic mass is 16.3. The number of hydrogen-bond donors (Lipinski definition) is 0. The molecular weight excluding hydrogens is 693 g/mol. The fourth-order valence-electron chi connectivity index (χ4n) is 8.89. The van der Waals surface area contributed by atoms with Gasteiger partial charge in [0, 0.05) is 32.9 Å². The smallest absolute Gasteiger partial charge is 0.160 e. The highest BCUT2D eigenvalue weighted by Crippen LogP contribution is 2.53. The van der Waals surface area contributed by atoms with Crippen molar-refractivity contribution in [3.63, 3.8) is 0 Å². The molecular formula is C54H36N2O. The van der Waals surface area contributed by atoms with Crippen molar-refractivity contribution in [2.24, 2.45) is 0 Å². The Labute approximate surface area is 331 Å². The van der Waals surface area contributed by atoms with E-state index in [1.54, 1.807) is 0 Å². The Hall–Kier alpha value is -7.36. The normalized spacial score (nSPS) is 14.5. The molecule has 3 nitrogen and oxygen atoms in total. The number of nitrogens with zero attached hydrogens (tertiary/aromatic N) is 2. The van der Waals surface area contributed by atoms with Crippen LogP contribution in [0, 0.1) is 0 Å². The third kappa shape index (κ3) is 5.43. The van der Waals surface area contributed by atoms with E-state index in [2.05, 4.69) is 177 Å². The lowest BCUT2D eigenvalue weighted by Crippen LogP contribution is -2.22. The van der Waals surface area contributed by atoms with Crippen LogP contribution in [0.15, 0.2) is 205 Å². The predicted octanol–water partition coefficient (Wildman–Crippen LogP) is 14.0. The third-order valence-electron chi connectivity index (χ3n) is 11.8. The zero-order valence-electron chi connectivity index (χ0n) is 31.4. The minimum absolute atomic E-state index is 0.248. The topological polar surface area (TPSA) is 38.9 Å². The number of benzene rings is 8. The van der Waals surface area contributed by atoms with Gasteiger partial charge in [-0.2, -0.15) is 0 Å². The summed E-state index contributed by atoms with van der Waals surface area (Å²) in [7, 11) is 0. The number of rotatable bonds is 6. The highest BCUT2D eigenvalue weighted by Gasteiger charge is 2.40. The Kier molecular flexibility index (Phi) is 7.61. The van der Waals surface area contributed by atoms with E-state index in [0.717, 1.165) is 66.7 Å². The van der Waals surface area contributed by atoms with Crippen LogP contribution < -0.4 is 0 Å². The van der Waals surface area contributed by atoms with Crippen LogP contribution in [-0.4, -0.2) is 9.97 Å². The van der Waals surface area contributed by atoms with Gasteiger partial charge in [-0.15, -0.1) is 0 Å². The molecule has 1 aliphatic rings. The second kappa shape index (κ2) is 13.1. The predicted molar refractivity (Wildman–Crippen MR) is 234 cm³/mol. The molecule has 0 radical (unpaired) electrons. The van der Waals surface area contributed by atoms with E-state index in [-0.39, 0.29) is 5.41 Å². The summed E-state index contributed by atoms with van der Waals surface area (Å²) in [6, 6.07) is 71.1. The average Bonchev–Trinajstić information content (AvgIpc) is 3.79. The van der Waals surface area contributed by atoms with Crippen molar-refractivity contribution < 1.29 is 4.42 Å². The summed E-state index contributed by atoms with van der Waals surface area (Å²) in [5, 5.41) is 2.24. The minimum atomic E-state index is -0.248. The fourth-order valence-corrected chi connectivity index (χ4v) is 8.89. The molecule has 1 unspecified atom stereocenters. The van der Waals surface area contributed by atoms with Gasteiger partial charge in [-0.3, -0.25) is 0 Å². The molecule has 0 saturated carbocycles. The Morgan fingerprint density at radius 2 is 0.965 bits per heavy atom. The molecule has 0 spiro atoms. The molecule has 0 saturated heterocycles. The number of furan rings is 1. The maximum absolute atomic E-state index is 6.30. The lowest BCUT2D eigenvalue weighted by atomic mass is 9.74. The molecule has 10 aromatic rings. The minimum Gasteiger partial charge on any atom is -0.456 e. The van der Waals surface area contributed by atoms with Gasteiger partial charge in [0.15, 0.2) is 5.82 Å². The van der Waals surface area contributed by atoms with Crippen molar-refractivity contribution in [1.82, 2.24) is 9.97 Å². The monoisotopic (exact) mass is 728 g/mol. The molecule has 3 heteroatoms. The van der Waals surface area contributed by atoms with Crippen molar-refractivity contribution in [3.05, 3.63) is 217 Å². The quantitative estimate of drug-likeness (QED) is 0.171. The largest absolute Gasteiger partial charge is 0.456 e. The lowest BCUT2D eigenvalue weighted by Gasteiger charge is -2.28. The maximum atomic E-state index is 6.30. The first-order chi connectivity index (χ1) is 28.1. The van der Waals surface area contributed by atoms with E-state index < -0.39 is 0 Å². The number of fused-ring (bicyclic) bond motifs is 6. The molecule has 0 bridgehead atoms. The van der Waals surface area contributed by atoms with Gasteiger partial charge in [-0.25, -0.2) is 9.97 Å². The number of para-hydroxylation sites is 1. The van der Waals surface area contributed by atoms with E-state index in [0.29, 0.717) is 5.82 Å². The van der Waals surface area contributed by atoms with Gasteiger partial charge in [-0.05, 0) is 87.3 Å². The van der Waals surface area contributed by atoms with Crippen LogP contribution in [0.4, 0.5) is 0 Å². The van der Waals surface area contributed by atoms with Crippen LogP contribution in [0.1, 0.15) is 23.6 Å². The summed E-state index contributed by atoms with van der Waals surface area (Å²) in [4.78, 5) is 10.4. The van der Waals surface area contributed by atoms with E-state index in [1.165, 1.54) is 33.4 Å². The summed E-state index contributed by atoms with van der Waals surface area (Å²) >= 11 is 0. The summed E-state index contributed by atoms with van der Waals surface area (Å²) in [5.74, 6) is 0.688. The van der Waals surface area contributed by atoms with Gasteiger partial charge in [0.2, 0.25) is 0 Å². The van der Waals surface area contributed by atoms with Crippen molar-refractivity contribution in [3.8, 4) is 67.3 Å². The summed E-state index contributed by atoms with van der Waals surface area (Å²) in [6.07, 6.45) is 0. The van der Waals surface area contributed by atoms with Crippen molar-refractivity contribution >= 4 is 21.9 Å². The molecule has 57 heavy (non-hydrogen) atoms. The van der Waals surface area contributed by atoms with Gasteiger partial charge in [0.05, 0.1) is 11.4 Å². The van der Waals surface area contributed by atoms with Gasteiger partial charge in [-0.1, -0.05) is 170 Å². The molecule has 2 heterocycles. The van der Waals surface area contributed by atoms with Crippen molar-refractivity contribution in [2.75, 3.05) is 0 Å². The van der Waals surface area contributed by atoms with Gasteiger partial charge in [0.1, 0.15) is 11.2 Å². The van der Waals surface area contributed by atoms with Crippen LogP contribution in [0.25, 0.3) is 89.2 Å². The fraction of sp³-hybridized carbons (Fsp3) is 0.0370. The van der Waals surface area contributed by atoms with Gasteiger partial charge in [0.25, 0.3) is 0 Å². The standard InChI is InChI=1S/C54H36N2O/c1-54(40-16-6-3-7-17-40)47-22-12-10-19-42(47)43-30-28-38(32-48(43)54)35-24-26-36(27-25-35)49-34-50(56-53(55-49)37-14-4-2-5-15-37)44-20-9-8-18-41(44)39-29-31-46-45-21-11-13-23-51(45)57-52(46)33-39/h2-34H,1H3. The van der Waals surface area contributed by atoms with Crippen LogP contribution in [0.5, 0.6) is 0 Å². The van der Waals surface area contributed by atoms with E-state index >= 15 is 0 Å². The van der Waals surface area contributed by atoms with E-state index in [9.17, 15) is 0 Å². The first kappa shape index (κ1) is 33.0. The zero-order chi connectivity index (χ0) is 37.9. The molecule has 1 aliphatic carbocycles. The molecule has 0 N–H and O–H groups in total. The SMILES string of the molecule is CC1(c2ccccc2)c2ccccc2-c2ccc(-c3ccc(-c4cc(-c5ccccc5-c5ccc6c(c5)oc5ccccc56)nc(-c5ccccc5)n4)cc3)cc21. The molecule has 0 fully saturated rings. The summed E-state index contributed by atoms with van der Waals surface area (Å²) in [5.41, 5.74) is 17.4. The van der Waals surface area contributed by atoms with Crippen LogP contribution >= 0.6 is 0 Å².